The van der Waals surface area contributed by atoms with E-state index in [0.717, 1.165) is 24.0 Å². The van der Waals surface area contributed by atoms with E-state index >= 15 is 0 Å². The maximum Gasteiger partial charge on any atom is 0.215 e. The zero-order valence-electron chi connectivity index (χ0n) is 12.4. The fraction of sp³-hybridized carbons (Fsp3) is 0.600. The molecule has 0 bridgehead atoms. The van der Waals surface area contributed by atoms with Gasteiger partial charge in [-0.1, -0.05) is 50.6 Å². The highest BCUT2D eigenvalue weighted by Gasteiger charge is 2.13. The molecule has 0 unspecified atom stereocenters. The van der Waals surface area contributed by atoms with Crippen LogP contribution < -0.4 is 4.72 Å². The lowest BCUT2D eigenvalue weighted by Crippen LogP contribution is -2.26. The molecule has 1 N–H and O–H groups in total. The first-order valence-corrected chi connectivity index (χ1v) is 8.36. The third-order valence-electron chi connectivity index (χ3n) is 2.90. The monoisotopic (exact) mass is 283 g/mol. The molecule has 0 amide bonds. The second-order valence-electron chi connectivity index (χ2n) is 6.30. The van der Waals surface area contributed by atoms with E-state index in [2.05, 4.69) is 25.5 Å². The number of rotatable bonds is 6. The van der Waals surface area contributed by atoms with Gasteiger partial charge in [0.15, 0.2) is 0 Å². The van der Waals surface area contributed by atoms with E-state index in [1.165, 1.54) is 0 Å². The minimum absolute atomic E-state index is 0.0583. The fourth-order valence-electron chi connectivity index (χ4n) is 1.80. The summed E-state index contributed by atoms with van der Waals surface area (Å²) in [6, 6.07) is 7.60. The molecule has 0 heterocycles. The zero-order valence-corrected chi connectivity index (χ0v) is 13.2. The van der Waals surface area contributed by atoms with Crippen molar-refractivity contribution >= 4 is 10.0 Å². The summed E-state index contributed by atoms with van der Waals surface area (Å²) in [4.78, 5) is 0. The van der Waals surface area contributed by atoms with E-state index < -0.39 is 10.0 Å². The normalized spacial score (nSPS) is 12.6. The molecule has 1 aromatic rings. The van der Waals surface area contributed by atoms with Crippen molar-refractivity contribution in [1.29, 1.82) is 0 Å². The fourth-order valence-corrected chi connectivity index (χ4v) is 2.99. The van der Waals surface area contributed by atoms with Crippen LogP contribution in [0.15, 0.2) is 24.3 Å². The lowest BCUT2D eigenvalue weighted by Gasteiger charge is -2.17. The molecule has 1 aromatic carbocycles. The second kappa shape index (κ2) is 6.53. The Morgan fingerprint density at radius 3 is 2.21 bits per heavy atom. The van der Waals surface area contributed by atoms with Crippen LogP contribution in [-0.2, 0) is 15.8 Å². The molecule has 0 saturated heterocycles. The molecule has 0 aliphatic rings. The third kappa shape index (κ3) is 7.33. The minimum atomic E-state index is -3.22. The highest BCUT2D eigenvalue weighted by molar-refractivity contribution is 7.88. The molecule has 0 radical (unpaired) electrons. The Kier molecular flexibility index (Phi) is 5.56. The predicted octanol–water partition coefficient (Wildman–Crippen LogP) is 3.24. The van der Waals surface area contributed by atoms with Crippen LogP contribution >= 0.6 is 0 Å². The number of nitrogens with one attached hydrogen (secondary N) is 1. The van der Waals surface area contributed by atoms with Gasteiger partial charge in [-0.3, -0.25) is 0 Å². The highest BCUT2D eigenvalue weighted by Crippen LogP contribution is 2.19. The van der Waals surface area contributed by atoms with E-state index in [1.807, 2.05) is 31.2 Å². The van der Waals surface area contributed by atoms with Crippen LogP contribution in [0.4, 0.5) is 0 Å². The summed E-state index contributed by atoms with van der Waals surface area (Å²) < 4.78 is 26.5. The first kappa shape index (κ1) is 16.2. The molecule has 108 valence electrons. The Labute approximate surface area is 117 Å². The summed E-state index contributed by atoms with van der Waals surface area (Å²) in [6.07, 6.45) is 1.89. The maximum atomic E-state index is 11.9. The number of aryl methyl sites for hydroxylation is 1. The van der Waals surface area contributed by atoms with Gasteiger partial charge in [0.2, 0.25) is 10.0 Å². The number of hydrogen-bond acceptors (Lipinski definition) is 2. The van der Waals surface area contributed by atoms with Crippen LogP contribution in [-0.4, -0.2) is 15.0 Å². The van der Waals surface area contributed by atoms with Gasteiger partial charge in [0.25, 0.3) is 0 Å². The summed E-state index contributed by atoms with van der Waals surface area (Å²) in [7, 11) is -3.22. The van der Waals surface area contributed by atoms with Crippen molar-refractivity contribution in [2.45, 2.75) is 46.3 Å². The third-order valence-corrected chi connectivity index (χ3v) is 4.26. The summed E-state index contributed by atoms with van der Waals surface area (Å²) in [5, 5.41) is 0. The van der Waals surface area contributed by atoms with Crippen molar-refractivity contribution in [3.05, 3.63) is 35.4 Å². The van der Waals surface area contributed by atoms with E-state index in [-0.39, 0.29) is 11.2 Å². The number of sulfonamides is 1. The summed E-state index contributed by atoms with van der Waals surface area (Å²) in [5.74, 6) is 0.0583. The largest absolute Gasteiger partial charge is 0.215 e. The Morgan fingerprint density at radius 1 is 1.11 bits per heavy atom. The summed E-state index contributed by atoms with van der Waals surface area (Å²) >= 11 is 0. The van der Waals surface area contributed by atoms with Crippen LogP contribution in [0.1, 0.15) is 44.7 Å². The predicted molar refractivity (Wildman–Crippen MR) is 80.5 cm³/mol. The first-order chi connectivity index (χ1) is 8.68. The van der Waals surface area contributed by atoms with Gasteiger partial charge < -0.3 is 0 Å². The van der Waals surface area contributed by atoms with Crippen molar-refractivity contribution in [2.24, 2.45) is 5.41 Å². The zero-order chi connectivity index (χ0) is 14.5. The standard InChI is InChI=1S/C15H25NO2S/c1-13-6-8-14(9-7-13)12-19(17,18)16-11-5-10-15(2,3)4/h6-9,16H,5,10-12H2,1-4H3. The number of benzene rings is 1. The van der Waals surface area contributed by atoms with E-state index in [4.69, 9.17) is 0 Å². The van der Waals surface area contributed by atoms with Crippen LogP contribution in [0.5, 0.6) is 0 Å². The van der Waals surface area contributed by atoms with Gasteiger partial charge in [0, 0.05) is 6.54 Å². The molecule has 1 rings (SSSR count). The van der Waals surface area contributed by atoms with Gasteiger partial charge in [0.1, 0.15) is 0 Å². The van der Waals surface area contributed by atoms with E-state index in [0.29, 0.717) is 6.54 Å². The molecule has 0 fully saturated rings. The van der Waals surface area contributed by atoms with E-state index in [1.54, 1.807) is 0 Å². The molecule has 0 saturated carbocycles. The topological polar surface area (TPSA) is 46.2 Å². The van der Waals surface area contributed by atoms with Crippen molar-refractivity contribution in [3.8, 4) is 0 Å². The second-order valence-corrected chi connectivity index (χ2v) is 8.11. The van der Waals surface area contributed by atoms with E-state index in [9.17, 15) is 8.42 Å². The Bertz CT molecular complexity index is 484. The molecule has 0 aliphatic carbocycles. The van der Waals surface area contributed by atoms with Gasteiger partial charge >= 0.3 is 0 Å². The van der Waals surface area contributed by atoms with Gasteiger partial charge in [-0.25, -0.2) is 13.1 Å². The van der Waals surface area contributed by atoms with Crippen molar-refractivity contribution in [1.82, 2.24) is 4.72 Å². The average molecular weight is 283 g/mol. The average Bonchev–Trinajstić information content (AvgIpc) is 2.26. The molecular weight excluding hydrogens is 258 g/mol. The molecule has 19 heavy (non-hydrogen) atoms. The number of hydrogen-bond donors (Lipinski definition) is 1. The van der Waals surface area contributed by atoms with Crippen LogP contribution in [0.25, 0.3) is 0 Å². The lowest BCUT2D eigenvalue weighted by molar-refractivity contribution is 0.365. The molecule has 0 spiro atoms. The highest BCUT2D eigenvalue weighted by atomic mass is 32.2. The Balaban J connectivity index is 2.42. The van der Waals surface area contributed by atoms with Crippen molar-refractivity contribution < 1.29 is 8.42 Å². The molecule has 0 aromatic heterocycles. The van der Waals surface area contributed by atoms with Crippen LogP contribution in [0.2, 0.25) is 0 Å². The van der Waals surface area contributed by atoms with Gasteiger partial charge in [-0.05, 0) is 30.7 Å². The summed E-state index contributed by atoms with van der Waals surface area (Å²) in [5.41, 5.74) is 2.22. The van der Waals surface area contributed by atoms with Gasteiger partial charge in [-0.2, -0.15) is 0 Å². The van der Waals surface area contributed by atoms with Crippen LogP contribution in [0, 0.1) is 12.3 Å². The molecular formula is C15H25NO2S. The van der Waals surface area contributed by atoms with Crippen molar-refractivity contribution in [3.63, 3.8) is 0 Å². The molecule has 4 heteroatoms. The molecule has 0 atom stereocenters. The van der Waals surface area contributed by atoms with Gasteiger partial charge in [0.05, 0.1) is 5.75 Å². The van der Waals surface area contributed by atoms with Gasteiger partial charge in [-0.15, -0.1) is 0 Å². The first-order valence-electron chi connectivity index (χ1n) is 6.71. The smallest absolute Gasteiger partial charge is 0.215 e. The van der Waals surface area contributed by atoms with Crippen molar-refractivity contribution in [2.75, 3.05) is 6.54 Å². The quantitative estimate of drug-likeness (QED) is 0.815. The Morgan fingerprint density at radius 2 is 1.68 bits per heavy atom. The van der Waals surface area contributed by atoms with Crippen LogP contribution in [0.3, 0.4) is 0 Å². The maximum absolute atomic E-state index is 11.9. The Hall–Kier alpha value is -0.870. The minimum Gasteiger partial charge on any atom is -0.215 e. The lowest BCUT2D eigenvalue weighted by atomic mass is 9.91. The SMILES string of the molecule is Cc1ccc(CS(=O)(=O)NCCCC(C)(C)C)cc1. The summed E-state index contributed by atoms with van der Waals surface area (Å²) in [6.45, 7) is 8.99. The molecule has 3 nitrogen and oxygen atoms in total. The molecule has 0 aliphatic heterocycles.